The number of aromatic nitrogens is 2. The summed E-state index contributed by atoms with van der Waals surface area (Å²) in [6.07, 6.45) is 12.1. The minimum Gasteiger partial charge on any atom is -0.455 e. The number of para-hydroxylation sites is 1. The molecule has 0 amide bonds. The van der Waals surface area contributed by atoms with Crippen molar-refractivity contribution in [2.24, 2.45) is 5.92 Å². The first-order chi connectivity index (χ1) is 29.0. The zero-order valence-electron chi connectivity index (χ0n) is 33.3. The molecular weight excluding hydrogens is 737 g/mol. The fourth-order valence-corrected chi connectivity index (χ4v) is 12.9. The fraction of sp³-hybridized carbons (Fsp3) is 0.200. The molecule has 0 aliphatic heterocycles. The van der Waals surface area contributed by atoms with Crippen molar-refractivity contribution >= 4 is 59.2 Å². The number of fused-ring (bicyclic) bond motifs is 14. The third kappa shape index (κ3) is 4.70. The summed E-state index contributed by atoms with van der Waals surface area (Å²) >= 11 is 1.72. The first kappa shape index (κ1) is 33.8. The first-order valence-corrected chi connectivity index (χ1v) is 22.2. The SMILES string of the molecule is CC1(C)C2=CC3c4ccccc4C4(CCCCC4)C3C=C2c2cc(-c3ccc4oc5c(-c6nc(-c7ccccc7)c7c(n6)sc6ccccc67)cccc5c4c3)ccc21. The van der Waals surface area contributed by atoms with Gasteiger partial charge in [-0.1, -0.05) is 148 Å². The number of nitrogens with zero attached hydrogens (tertiary/aromatic N) is 2. The lowest BCUT2D eigenvalue weighted by atomic mass is 9.62. The van der Waals surface area contributed by atoms with Crippen molar-refractivity contribution in [2.45, 2.75) is 62.7 Å². The van der Waals surface area contributed by atoms with Gasteiger partial charge < -0.3 is 4.42 Å². The predicted molar refractivity (Wildman–Crippen MR) is 245 cm³/mol. The smallest absolute Gasteiger partial charge is 0.165 e. The summed E-state index contributed by atoms with van der Waals surface area (Å²) < 4.78 is 7.96. The van der Waals surface area contributed by atoms with Crippen LogP contribution < -0.4 is 0 Å². The molecule has 9 aromatic rings. The standard InChI is InChI=1S/C55H42N2OS/c1-54(2)43-24-22-33(28-39(43)41-31-46-40(30-45(41)54)35-16-7-9-20-44(35)55(46)26-11-4-12-27-55)34-23-25-47-42(29-34)36-18-13-19-38(51(36)58-47)52-56-50(32-14-5-3-6-15-32)49-37-17-8-10-21-48(37)59-53(49)57-52/h3,5-10,13-25,28-31,40,46H,4,11-12,26-27H2,1-2H3. The number of benzene rings is 6. The Kier molecular flexibility index (Phi) is 7.01. The molecule has 3 aromatic heterocycles. The molecule has 284 valence electrons. The van der Waals surface area contributed by atoms with Crippen LogP contribution in [0.2, 0.25) is 0 Å². The van der Waals surface area contributed by atoms with Crippen LogP contribution in [-0.4, -0.2) is 9.97 Å². The Morgan fingerprint density at radius 2 is 1.41 bits per heavy atom. The van der Waals surface area contributed by atoms with Crippen molar-refractivity contribution in [3.8, 4) is 33.8 Å². The summed E-state index contributed by atoms with van der Waals surface area (Å²) in [4.78, 5) is 11.5. The van der Waals surface area contributed by atoms with Crippen LogP contribution >= 0.6 is 11.3 Å². The van der Waals surface area contributed by atoms with Gasteiger partial charge in [-0.05, 0) is 93.6 Å². The van der Waals surface area contributed by atoms with Crippen LogP contribution in [0.3, 0.4) is 0 Å². The summed E-state index contributed by atoms with van der Waals surface area (Å²) in [6.45, 7) is 4.87. The van der Waals surface area contributed by atoms with E-state index in [1.165, 1.54) is 75.6 Å². The molecule has 0 radical (unpaired) electrons. The molecule has 2 unspecified atom stereocenters. The van der Waals surface area contributed by atoms with E-state index in [1.54, 1.807) is 22.5 Å². The van der Waals surface area contributed by atoms with Crippen LogP contribution in [-0.2, 0) is 10.8 Å². The largest absolute Gasteiger partial charge is 0.455 e. The number of hydrogen-bond donors (Lipinski definition) is 0. The second-order valence-electron chi connectivity index (χ2n) is 17.9. The van der Waals surface area contributed by atoms with Crippen LogP contribution in [0.15, 0.2) is 156 Å². The van der Waals surface area contributed by atoms with E-state index < -0.39 is 0 Å². The molecule has 4 aliphatic carbocycles. The normalized spacial score (nSPS) is 19.8. The Balaban J connectivity index is 0.930. The summed E-state index contributed by atoms with van der Waals surface area (Å²) in [5.74, 6) is 1.65. The number of furan rings is 1. The van der Waals surface area contributed by atoms with Crippen LogP contribution in [0.4, 0.5) is 0 Å². The molecule has 13 rings (SSSR count). The van der Waals surface area contributed by atoms with E-state index in [0.29, 0.717) is 17.7 Å². The van der Waals surface area contributed by atoms with Gasteiger partial charge >= 0.3 is 0 Å². The Bertz CT molecular complexity index is 3300. The second kappa shape index (κ2) is 12.2. The quantitative estimate of drug-likeness (QED) is 0.179. The number of thiophene rings is 1. The average molecular weight is 779 g/mol. The third-order valence-corrected chi connectivity index (χ3v) is 15.7. The molecule has 3 nitrogen and oxygen atoms in total. The van der Waals surface area contributed by atoms with Crippen LogP contribution in [0.5, 0.6) is 0 Å². The number of rotatable bonds is 3. The van der Waals surface area contributed by atoms with Gasteiger partial charge in [0.2, 0.25) is 0 Å². The van der Waals surface area contributed by atoms with E-state index in [9.17, 15) is 0 Å². The van der Waals surface area contributed by atoms with Crippen LogP contribution in [0, 0.1) is 5.92 Å². The van der Waals surface area contributed by atoms with E-state index in [2.05, 4.69) is 159 Å². The molecular formula is C55H42N2OS. The lowest BCUT2D eigenvalue weighted by Crippen LogP contribution is -2.35. The second-order valence-corrected chi connectivity index (χ2v) is 19.0. The van der Waals surface area contributed by atoms with Gasteiger partial charge in [0.05, 0.1) is 11.3 Å². The maximum atomic E-state index is 6.75. The van der Waals surface area contributed by atoms with Crippen molar-refractivity contribution in [1.29, 1.82) is 0 Å². The number of allylic oxidation sites excluding steroid dienone is 4. The maximum Gasteiger partial charge on any atom is 0.165 e. The van der Waals surface area contributed by atoms with Gasteiger partial charge in [0, 0.05) is 48.6 Å². The number of hydrogen-bond acceptors (Lipinski definition) is 4. The van der Waals surface area contributed by atoms with Crippen LogP contribution in [0.1, 0.15) is 74.1 Å². The zero-order valence-corrected chi connectivity index (χ0v) is 34.1. The Morgan fingerprint density at radius 3 is 2.31 bits per heavy atom. The van der Waals surface area contributed by atoms with E-state index in [0.717, 1.165) is 49.0 Å². The van der Waals surface area contributed by atoms with E-state index >= 15 is 0 Å². The highest BCUT2D eigenvalue weighted by atomic mass is 32.1. The highest BCUT2D eigenvalue weighted by Crippen LogP contribution is 2.64. The van der Waals surface area contributed by atoms with Crippen LogP contribution in [0.25, 0.3) is 81.6 Å². The van der Waals surface area contributed by atoms with E-state index in [-0.39, 0.29) is 10.8 Å². The molecule has 6 aromatic carbocycles. The molecule has 2 atom stereocenters. The van der Waals surface area contributed by atoms with Crippen molar-refractivity contribution in [3.63, 3.8) is 0 Å². The molecule has 1 saturated carbocycles. The summed E-state index contributed by atoms with van der Waals surface area (Å²) in [6, 6.07) is 48.8. The Hall–Kier alpha value is -6.10. The molecule has 1 spiro atoms. The predicted octanol–water partition coefficient (Wildman–Crippen LogP) is 15.0. The molecule has 4 aliphatic rings. The molecule has 0 N–H and O–H groups in total. The minimum atomic E-state index is -0.0512. The van der Waals surface area contributed by atoms with Gasteiger partial charge in [-0.2, -0.15) is 0 Å². The van der Waals surface area contributed by atoms with E-state index in [1.807, 2.05) is 0 Å². The van der Waals surface area contributed by atoms with Gasteiger partial charge in [-0.3, -0.25) is 0 Å². The Labute approximate surface area is 347 Å². The molecule has 1 fully saturated rings. The van der Waals surface area contributed by atoms with Gasteiger partial charge in [-0.25, -0.2) is 9.97 Å². The fourth-order valence-electron chi connectivity index (χ4n) is 11.9. The minimum absolute atomic E-state index is 0.0512. The molecule has 59 heavy (non-hydrogen) atoms. The van der Waals surface area contributed by atoms with Crippen molar-refractivity contribution in [3.05, 3.63) is 173 Å². The zero-order chi connectivity index (χ0) is 39.0. The van der Waals surface area contributed by atoms with Gasteiger partial charge in [0.25, 0.3) is 0 Å². The van der Waals surface area contributed by atoms with Gasteiger partial charge in [0.15, 0.2) is 5.82 Å². The van der Waals surface area contributed by atoms with Gasteiger partial charge in [-0.15, -0.1) is 11.3 Å². The molecule has 0 saturated heterocycles. The van der Waals surface area contributed by atoms with Crippen molar-refractivity contribution in [2.75, 3.05) is 0 Å². The maximum absolute atomic E-state index is 6.75. The molecule has 3 heterocycles. The highest BCUT2D eigenvalue weighted by molar-refractivity contribution is 7.25. The summed E-state index contributed by atoms with van der Waals surface area (Å²) in [5.41, 5.74) is 16.3. The van der Waals surface area contributed by atoms with Crippen molar-refractivity contribution < 1.29 is 4.42 Å². The molecule has 4 heteroatoms. The lowest BCUT2D eigenvalue weighted by Gasteiger charge is -2.41. The highest BCUT2D eigenvalue weighted by Gasteiger charge is 2.53. The molecule has 0 bridgehead atoms. The van der Waals surface area contributed by atoms with Crippen molar-refractivity contribution in [1.82, 2.24) is 9.97 Å². The first-order valence-electron chi connectivity index (χ1n) is 21.4. The lowest BCUT2D eigenvalue weighted by molar-refractivity contribution is 0.233. The average Bonchev–Trinajstić information content (AvgIpc) is 3.99. The van der Waals surface area contributed by atoms with Gasteiger partial charge in [0.1, 0.15) is 16.0 Å². The van der Waals surface area contributed by atoms with E-state index in [4.69, 9.17) is 14.4 Å². The monoisotopic (exact) mass is 778 g/mol. The third-order valence-electron chi connectivity index (χ3n) is 14.6. The topological polar surface area (TPSA) is 38.9 Å². The Morgan fingerprint density at radius 1 is 0.627 bits per heavy atom. The summed E-state index contributed by atoms with van der Waals surface area (Å²) in [7, 11) is 0. The summed E-state index contributed by atoms with van der Waals surface area (Å²) in [5, 5.41) is 4.48.